The van der Waals surface area contributed by atoms with E-state index in [1.54, 1.807) is 36.4 Å². The fourth-order valence-electron chi connectivity index (χ4n) is 22.5. The predicted octanol–water partition coefficient (Wildman–Crippen LogP) is 15.3. The van der Waals surface area contributed by atoms with E-state index >= 15 is 0 Å². The first-order chi connectivity index (χ1) is 41.3. The number of ether oxygens (including phenoxy) is 3. The second kappa shape index (κ2) is 22.3. The molecule has 89 heavy (non-hydrogen) atoms. The zero-order chi connectivity index (χ0) is 65.5. The molecule has 2 aromatic carbocycles. The summed E-state index contributed by atoms with van der Waals surface area (Å²) < 4.78 is 15.3. The van der Waals surface area contributed by atoms with Crippen LogP contribution >= 0.6 is 0 Å². The monoisotopic (exact) mass is 1230 g/mol. The summed E-state index contributed by atoms with van der Waals surface area (Å²) in [7, 11) is 2.59. The number of fused-ring (bicyclic) bond motifs is 14. The van der Waals surface area contributed by atoms with Gasteiger partial charge in [-0.15, -0.1) is 0 Å². The van der Waals surface area contributed by atoms with E-state index in [1.807, 2.05) is 26.0 Å². The van der Waals surface area contributed by atoms with Gasteiger partial charge in [-0.3, -0.25) is 19.2 Å². The number of phenols is 1. The molecule has 10 aliphatic carbocycles. The molecule has 12 rings (SSSR count). The number of rotatable bonds is 5. The van der Waals surface area contributed by atoms with Crippen molar-refractivity contribution in [2.75, 3.05) is 14.2 Å². The third-order valence-corrected chi connectivity index (χ3v) is 28.9. The Morgan fingerprint density at radius 2 is 0.876 bits per heavy atom. The molecule has 488 valence electrons. The second-order valence-electron chi connectivity index (χ2n) is 33.9. The third-order valence-electron chi connectivity index (χ3n) is 28.9. The number of aromatic hydroxyl groups is 1. The number of allylic oxidation sites excluding steroid dienone is 4. The number of carboxylic acids is 1. The van der Waals surface area contributed by atoms with Crippen molar-refractivity contribution < 1.29 is 63.4 Å². The standard InChI is InChI=1S/C38H52O6.C30H46O4.C8H8O3/c1-33(2)28-13-16-38(7)30(36(28,5)15-14-29(33)40)26(39)21-24-25-22-35(4,18-17-34(25,3)19-20-37(24,38)6)32(42)44-27-12-10-9-11-23(27)31(41)43-8;1-25(2)21-8-11-30(7)23(28(21,5)10-9-22(25)32)20(31)16-18-19-17-27(4,24(33)34)13-12-26(19,3)14-15-29(18,30)6;1-11-8(10)6-4-2-3-5-7(6)9/h9-12,21,25,28-30,40H,13-20,22H2,1-8H3;16,19,21-23,32H,8-15,17H2,1-7H3,(H,33,34);2-5,9H,1H3/t25-,28-,29-,30+,34+,35-,36-,37+,38+;19-,21-,22-,23+,26+,27-,28-,29+,30+;/m00./s1. The van der Waals surface area contributed by atoms with Gasteiger partial charge in [-0.1, -0.05) is 118 Å². The number of aliphatic hydroxyl groups excluding tert-OH is 2. The predicted molar refractivity (Wildman–Crippen MR) is 341 cm³/mol. The maximum absolute atomic E-state index is 14.6. The number of carboxylic acid groups (broad SMARTS) is 1. The fraction of sp³-hybridized carbons (Fsp3) is 0.711. The molecular formula is C76H106O13. The van der Waals surface area contributed by atoms with E-state index in [9.17, 15) is 44.1 Å². The molecule has 0 aromatic heterocycles. The van der Waals surface area contributed by atoms with Crippen LogP contribution in [0, 0.1) is 100 Å². The van der Waals surface area contributed by atoms with Crippen molar-refractivity contribution in [2.24, 2.45) is 100 Å². The average Bonchev–Trinajstić information content (AvgIpc) is 0.683. The number of carbonyl (C=O) groups is 6. The lowest BCUT2D eigenvalue weighted by Gasteiger charge is -2.70. The number of methoxy groups -OCH3 is 2. The number of aliphatic hydroxyl groups is 2. The van der Waals surface area contributed by atoms with Crippen molar-refractivity contribution >= 4 is 35.4 Å². The molecule has 2 aromatic rings. The van der Waals surface area contributed by atoms with Gasteiger partial charge in [-0.05, 0) is 244 Å². The Bertz CT molecular complexity index is 3260. The first-order valence-electron chi connectivity index (χ1n) is 33.6. The molecule has 0 radical (unpaired) electrons. The number of phenolic OH excluding ortho intramolecular Hbond substituents is 1. The van der Waals surface area contributed by atoms with Gasteiger partial charge >= 0.3 is 23.9 Å². The van der Waals surface area contributed by atoms with Crippen molar-refractivity contribution in [3.05, 3.63) is 83.0 Å². The molecule has 0 aliphatic heterocycles. The Labute approximate surface area is 530 Å². The average molecular weight is 1230 g/mol. The van der Waals surface area contributed by atoms with Crippen LogP contribution in [0.1, 0.15) is 233 Å². The molecule has 0 heterocycles. The molecule has 0 spiro atoms. The van der Waals surface area contributed by atoms with Gasteiger partial charge in [0, 0.05) is 11.8 Å². The normalized spacial score (nSPS) is 43.7. The minimum Gasteiger partial charge on any atom is -0.507 e. The topological polar surface area (TPSA) is 211 Å². The van der Waals surface area contributed by atoms with Crippen LogP contribution in [0.15, 0.2) is 71.8 Å². The summed E-state index contributed by atoms with van der Waals surface area (Å²) >= 11 is 0. The van der Waals surface area contributed by atoms with Gasteiger partial charge in [0.25, 0.3) is 0 Å². The van der Waals surface area contributed by atoms with E-state index in [0.29, 0.717) is 31.1 Å². The third kappa shape index (κ3) is 9.99. The van der Waals surface area contributed by atoms with Crippen LogP contribution in [0.3, 0.4) is 0 Å². The fourth-order valence-corrected chi connectivity index (χ4v) is 22.5. The Kier molecular flexibility index (Phi) is 16.7. The van der Waals surface area contributed by atoms with Crippen LogP contribution in [0.5, 0.6) is 11.5 Å². The zero-order valence-corrected chi connectivity index (χ0v) is 56.6. The largest absolute Gasteiger partial charge is 0.507 e. The molecule has 18 atom stereocenters. The van der Waals surface area contributed by atoms with Crippen LogP contribution < -0.4 is 4.74 Å². The summed E-state index contributed by atoms with van der Waals surface area (Å²) in [6.45, 7) is 31.8. The van der Waals surface area contributed by atoms with Crippen LogP contribution in [0.25, 0.3) is 0 Å². The molecule has 4 N–H and O–H groups in total. The number of carbonyl (C=O) groups excluding carboxylic acids is 5. The van der Waals surface area contributed by atoms with Crippen LogP contribution in [-0.4, -0.2) is 82.3 Å². The van der Waals surface area contributed by atoms with Crippen molar-refractivity contribution in [1.29, 1.82) is 0 Å². The number of hydrogen-bond donors (Lipinski definition) is 4. The first kappa shape index (κ1) is 66.8. The minimum absolute atomic E-state index is 0.0105. The molecule has 0 saturated heterocycles. The number of para-hydroxylation sites is 2. The summed E-state index contributed by atoms with van der Waals surface area (Å²) in [5.74, 6) is -0.586. The quantitative estimate of drug-likeness (QED) is 0.162. The highest BCUT2D eigenvalue weighted by Gasteiger charge is 2.73. The highest BCUT2D eigenvalue weighted by molar-refractivity contribution is 5.97. The molecule has 0 unspecified atom stereocenters. The number of hydrogen-bond acceptors (Lipinski definition) is 12. The summed E-state index contributed by atoms with van der Waals surface area (Å²) in [6.07, 6.45) is 19.6. The van der Waals surface area contributed by atoms with E-state index in [0.717, 1.165) is 96.3 Å². The van der Waals surface area contributed by atoms with Crippen molar-refractivity contribution in [2.45, 2.75) is 225 Å². The van der Waals surface area contributed by atoms with Crippen molar-refractivity contribution in [1.82, 2.24) is 0 Å². The molecular weight excluding hydrogens is 1120 g/mol. The van der Waals surface area contributed by atoms with Crippen LogP contribution in [0.2, 0.25) is 0 Å². The summed E-state index contributed by atoms with van der Waals surface area (Å²) in [5.41, 5.74) is 0.367. The first-order valence-corrected chi connectivity index (χ1v) is 33.6. The van der Waals surface area contributed by atoms with Crippen LogP contribution in [-0.2, 0) is 28.7 Å². The molecule has 0 amide bonds. The maximum Gasteiger partial charge on any atom is 0.341 e. The number of esters is 3. The summed E-state index contributed by atoms with van der Waals surface area (Å²) in [5, 5.41) is 41.0. The van der Waals surface area contributed by atoms with Gasteiger partial charge in [0.15, 0.2) is 11.6 Å². The van der Waals surface area contributed by atoms with E-state index in [-0.39, 0.29) is 130 Å². The van der Waals surface area contributed by atoms with E-state index in [1.165, 1.54) is 37.5 Å². The lowest BCUT2D eigenvalue weighted by atomic mass is 9.33. The Hall–Kier alpha value is -5.14. The second-order valence-corrected chi connectivity index (χ2v) is 33.9. The molecule has 10 aliphatic rings. The van der Waals surface area contributed by atoms with Gasteiger partial charge < -0.3 is 34.6 Å². The molecule has 13 nitrogen and oxygen atoms in total. The lowest BCUT2D eigenvalue weighted by molar-refractivity contribution is -0.202. The van der Waals surface area contributed by atoms with Gasteiger partial charge in [0.2, 0.25) is 0 Å². The number of aliphatic carboxylic acids is 1. The van der Waals surface area contributed by atoms with Gasteiger partial charge in [0.1, 0.15) is 22.6 Å². The van der Waals surface area contributed by atoms with E-state index in [2.05, 4.69) is 87.8 Å². The molecule has 13 heteroatoms. The van der Waals surface area contributed by atoms with Crippen LogP contribution in [0.4, 0.5) is 0 Å². The molecule has 8 fully saturated rings. The maximum atomic E-state index is 14.6. The van der Waals surface area contributed by atoms with E-state index < -0.39 is 28.7 Å². The Morgan fingerprint density at radius 1 is 0.483 bits per heavy atom. The SMILES string of the molecule is CC1(C)[C@@H](O)CC[C@]2(C)[C@H]3C(=O)C=C4[C@@H]5C[C@@](C)(C(=O)O)CC[C@]5(C)CC[C@@]4(C)[C@]3(C)CC[C@@H]12.COC(=O)c1ccccc1O.COC(=O)c1ccccc1OC(=O)[C@@]1(C)CC[C@]2(C)CC[C@]3(C)C(=CC(=O)[C@@H]4[C@@]5(C)CC[C@H](O)C(C)(C)[C@@H]5CC[C@]43C)[C@@H]2C1. The Morgan fingerprint density at radius 3 is 1.31 bits per heavy atom. The number of benzene rings is 2. The van der Waals surface area contributed by atoms with E-state index in [4.69, 9.17) is 14.6 Å². The number of ketones is 2. The minimum atomic E-state index is -0.750. The van der Waals surface area contributed by atoms with Gasteiger partial charge in [-0.2, -0.15) is 0 Å². The Balaban J connectivity index is 0.000000171. The van der Waals surface area contributed by atoms with Crippen molar-refractivity contribution in [3.63, 3.8) is 0 Å². The zero-order valence-electron chi connectivity index (χ0n) is 56.6. The molecule has 0 bridgehead atoms. The summed E-state index contributed by atoms with van der Waals surface area (Å²) in [4.78, 5) is 78.1. The van der Waals surface area contributed by atoms with Gasteiger partial charge in [-0.25, -0.2) is 9.59 Å². The van der Waals surface area contributed by atoms with Gasteiger partial charge in [0.05, 0.1) is 37.3 Å². The molecule has 8 saturated carbocycles. The summed E-state index contributed by atoms with van der Waals surface area (Å²) in [6, 6.07) is 13.0. The smallest absolute Gasteiger partial charge is 0.341 e. The highest BCUT2D eigenvalue weighted by Crippen LogP contribution is 2.77. The highest BCUT2D eigenvalue weighted by atomic mass is 16.5. The lowest BCUT2D eigenvalue weighted by Crippen LogP contribution is -2.66. The van der Waals surface area contributed by atoms with Crippen molar-refractivity contribution in [3.8, 4) is 11.5 Å².